The van der Waals surface area contributed by atoms with Crippen LogP contribution < -0.4 is 16.0 Å². The van der Waals surface area contributed by atoms with E-state index in [-0.39, 0.29) is 12.1 Å². The normalized spacial score (nSPS) is 17.8. The molecule has 3 rings (SSSR count). The lowest BCUT2D eigenvalue weighted by Gasteiger charge is -2.25. The molecule has 0 radical (unpaired) electrons. The molecule has 0 bridgehead atoms. The first-order valence-electron chi connectivity index (χ1n) is 7.66. The zero-order chi connectivity index (χ0) is 16.2. The quantitative estimate of drug-likeness (QED) is 0.771. The summed E-state index contributed by atoms with van der Waals surface area (Å²) in [7, 11) is 0. The summed E-state index contributed by atoms with van der Waals surface area (Å²) in [6, 6.07) is 7.19. The van der Waals surface area contributed by atoms with Gasteiger partial charge in [-0.2, -0.15) is 4.98 Å². The van der Waals surface area contributed by atoms with E-state index in [1.807, 2.05) is 31.2 Å². The molecule has 1 saturated heterocycles. The van der Waals surface area contributed by atoms with E-state index < -0.39 is 0 Å². The summed E-state index contributed by atoms with van der Waals surface area (Å²) in [5, 5.41) is 11.4. The lowest BCUT2D eigenvalue weighted by molar-refractivity contribution is 0.122. The van der Waals surface area contributed by atoms with Gasteiger partial charge in [0.2, 0.25) is 5.95 Å². The Balaban J connectivity index is 1.75. The Morgan fingerprint density at radius 3 is 2.65 bits per heavy atom. The molecule has 4 N–H and O–H groups in total. The topological polar surface area (TPSA) is 92.1 Å². The predicted molar refractivity (Wildman–Crippen MR) is 90.9 cm³/mol. The van der Waals surface area contributed by atoms with Crippen LogP contribution in [0.3, 0.4) is 0 Å². The second kappa shape index (κ2) is 7.16. The second-order valence-electron chi connectivity index (χ2n) is 5.61. The summed E-state index contributed by atoms with van der Waals surface area (Å²) in [5.41, 5.74) is 7.06. The van der Waals surface area contributed by atoms with Crippen LogP contribution in [0.15, 0.2) is 24.3 Å². The van der Waals surface area contributed by atoms with E-state index in [0.717, 1.165) is 24.6 Å². The highest BCUT2D eigenvalue weighted by atomic mass is 35.5. The highest BCUT2D eigenvalue weighted by Crippen LogP contribution is 2.22. The number of aromatic nitrogens is 3. The third-order valence-corrected chi connectivity index (χ3v) is 4.02. The van der Waals surface area contributed by atoms with E-state index in [1.165, 1.54) is 0 Å². The number of anilines is 2. The maximum absolute atomic E-state index is 6.12. The number of H-pyrrole nitrogens is 1. The molecule has 2 atom stereocenters. The minimum absolute atomic E-state index is 0.142. The summed E-state index contributed by atoms with van der Waals surface area (Å²) in [4.78, 5) is 6.71. The molecule has 1 aliphatic rings. The minimum atomic E-state index is -0.168. The number of rotatable bonds is 5. The number of nitrogens with two attached hydrogens (primary N) is 1. The van der Waals surface area contributed by atoms with Gasteiger partial charge in [-0.15, -0.1) is 5.10 Å². The van der Waals surface area contributed by atoms with E-state index >= 15 is 0 Å². The number of aromatic amines is 1. The van der Waals surface area contributed by atoms with Gasteiger partial charge in [-0.1, -0.05) is 11.6 Å². The summed E-state index contributed by atoms with van der Waals surface area (Å²) >= 11 is 5.92. The molecule has 23 heavy (non-hydrogen) atoms. The lowest BCUT2D eigenvalue weighted by atomic mass is 10.1. The fourth-order valence-corrected chi connectivity index (χ4v) is 2.61. The Kier molecular flexibility index (Phi) is 5.00. The molecule has 0 amide bonds. The van der Waals surface area contributed by atoms with Crippen molar-refractivity contribution in [3.63, 3.8) is 0 Å². The minimum Gasteiger partial charge on any atom is -0.378 e. The number of benzene rings is 1. The number of ether oxygens (including phenoxy) is 1. The van der Waals surface area contributed by atoms with E-state index in [4.69, 9.17) is 22.1 Å². The van der Waals surface area contributed by atoms with Gasteiger partial charge in [0.05, 0.1) is 13.2 Å². The van der Waals surface area contributed by atoms with E-state index in [2.05, 4.69) is 25.4 Å². The summed E-state index contributed by atoms with van der Waals surface area (Å²) in [6.45, 7) is 4.92. The zero-order valence-electron chi connectivity index (χ0n) is 13.0. The van der Waals surface area contributed by atoms with Crippen LogP contribution in [0.4, 0.5) is 11.6 Å². The molecule has 7 nitrogen and oxygen atoms in total. The van der Waals surface area contributed by atoms with Crippen LogP contribution in [-0.4, -0.2) is 47.5 Å². The van der Waals surface area contributed by atoms with Crippen molar-refractivity contribution in [1.82, 2.24) is 15.2 Å². The SMILES string of the molecule is CC(N)C(Nc1ccc(Cl)cc1)c1nc(N2CCOCC2)n[nH]1. The maximum Gasteiger partial charge on any atom is 0.244 e. The molecule has 0 spiro atoms. The third-order valence-electron chi connectivity index (χ3n) is 3.77. The molecule has 1 aliphatic heterocycles. The average molecular weight is 337 g/mol. The van der Waals surface area contributed by atoms with Crippen molar-refractivity contribution in [1.29, 1.82) is 0 Å². The van der Waals surface area contributed by atoms with Crippen molar-refractivity contribution in [3.05, 3.63) is 35.1 Å². The molecule has 1 aromatic heterocycles. The van der Waals surface area contributed by atoms with Crippen LogP contribution in [0.2, 0.25) is 5.02 Å². The number of nitrogens with zero attached hydrogens (tertiary/aromatic N) is 3. The molecule has 2 aromatic rings. The van der Waals surface area contributed by atoms with Gasteiger partial charge in [0, 0.05) is 29.8 Å². The molecule has 1 aromatic carbocycles. The molecule has 0 saturated carbocycles. The standard InChI is InChI=1S/C15H21ClN6O/c1-10(17)13(18-12-4-2-11(16)3-5-12)14-19-15(21-20-14)22-6-8-23-9-7-22/h2-5,10,13,18H,6-9,17H2,1H3,(H,19,20,21). The van der Waals surface area contributed by atoms with Crippen LogP contribution in [0.25, 0.3) is 0 Å². The van der Waals surface area contributed by atoms with E-state index in [9.17, 15) is 0 Å². The zero-order valence-corrected chi connectivity index (χ0v) is 13.8. The van der Waals surface area contributed by atoms with Crippen molar-refractivity contribution in [2.45, 2.75) is 19.0 Å². The van der Waals surface area contributed by atoms with Crippen molar-refractivity contribution < 1.29 is 4.74 Å². The fraction of sp³-hybridized carbons (Fsp3) is 0.467. The molecule has 8 heteroatoms. The van der Waals surface area contributed by atoms with Crippen LogP contribution in [0.5, 0.6) is 0 Å². The Labute approximate surface area is 140 Å². The lowest BCUT2D eigenvalue weighted by Crippen LogP contribution is -2.37. The van der Waals surface area contributed by atoms with Crippen molar-refractivity contribution >= 4 is 23.2 Å². The van der Waals surface area contributed by atoms with Crippen molar-refractivity contribution in [2.75, 3.05) is 36.5 Å². The summed E-state index contributed by atoms with van der Waals surface area (Å²) in [5.74, 6) is 1.41. The molecule has 124 valence electrons. The Morgan fingerprint density at radius 1 is 1.30 bits per heavy atom. The second-order valence-corrected chi connectivity index (χ2v) is 6.04. The van der Waals surface area contributed by atoms with Gasteiger partial charge in [-0.05, 0) is 31.2 Å². The van der Waals surface area contributed by atoms with Gasteiger partial charge in [-0.3, -0.25) is 5.10 Å². The van der Waals surface area contributed by atoms with Crippen molar-refractivity contribution in [3.8, 4) is 0 Å². The Bertz CT molecular complexity index is 623. The number of hydrogen-bond acceptors (Lipinski definition) is 6. The van der Waals surface area contributed by atoms with Crippen LogP contribution in [0, 0.1) is 0 Å². The molecule has 0 aliphatic carbocycles. The molecule has 1 fully saturated rings. The first-order chi connectivity index (χ1) is 11.1. The summed E-state index contributed by atoms with van der Waals surface area (Å²) in [6.07, 6.45) is 0. The van der Waals surface area contributed by atoms with Crippen LogP contribution in [0.1, 0.15) is 18.8 Å². The van der Waals surface area contributed by atoms with Crippen LogP contribution in [-0.2, 0) is 4.74 Å². The Hall–Kier alpha value is -1.83. The molecule has 2 unspecified atom stereocenters. The van der Waals surface area contributed by atoms with Gasteiger partial charge in [0.25, 0.3) is 0 Å². The first-order valence-corrected chi connectivity index (χ1v) is 8.04. The first kappa shape index (κ1) is 16.0. The third kappa shape index (κ3) is 3.93. The van der Waals surface area contributed by atoms with E-state index in [0.29, 0.717) is 24.2 Å². The van der Waals surface area contributed by atoms with Gasteiger partial charge < -0.3 is 20.7 Å². The Morgan fingerprint density at radius 2 is 2.00 bits per heavy atom. The van der Waals surface area contributed by atoms with Gasteiger partial charge in [0.15, 0.2) is 5.82 Å². The summed E-state index contributed by atoms with van der Waals surface area (Å²) < 4.78 is 5.35. The molecular formula is C15H21ClN6O. The maximum atomic E-state index is 6.12. The van der Waals surface area contributed by atoms with Crippen LogP contribution >= 0.6 is 11.6 Å². The smallest absolute Gasteiger partial charge is 0.244 e. The number of halogens is 1. The largest absolute Gasteiger partial charge is 0.378 e. The van der Waals surface area contributed by atoms with Gasteiger partial charge >= 0.3 is 0 Å². The molecule has 2 heterocycles. The monoisotopic (exact) mass is 336 g/mol. The van der Waals surface area contributed by atoms with Gasteiger partial charge in [0.1, 0.15) is 6.04 Å². The fourth-order valence-electron chi connectivity index (χ4n) is 2.48. The van der Waals surface area contributed by atoms with Crippen molar-refractivity contribution in [2.24, 2.45) is 5.73 Å². The van der Waals surface area contributed by atoms with E-state index in [1.54, 1.807) is 0 Å². The highest BCUT2D eigenvalue weighted by Gasteiger charge is 2.23. The van der Waals surface area contributed by atoms with Gasteiger partial charge in [-0.25, -0.2) is 0 Å². The highest BCUT2D eigenvalue weighted by molar-refractivity contribution is 6.30. The number of hydrogen-bond donors (Lipinski definition) is 3. The number of nitrogens with one attached hydrogen (secondary N) is 2. The molecular weight excluding hydrogens is 316 g/mol. The number of morpholine rings is 1. The predicted octanol–water partition coefficient (Wildman–Crippen LogP) is 1.80. The average Bonchev–Trinajstić information content (AvgIpc) is 3.04.